The number of carbonyl (C=O) groups is 1. The summed E-state index contributed by atoms with van der Waals surface area (Å²) in [5.74, 6) is 0.100. The van der Waals surface area contributed by atoms with E-state index in [2.05, 4.69) is 46.3 Å². The van der Waals surface area contributed by atoms with Crippen LogP contribution in [0.4, 0.5) is 0 Å². The van der Waals surface area contributed by atoms with Gasteiger partial charge in [-0.25, -0.2) is 0 Å². The smallest absolute Gasteiger partial charge is 0.193 e. The summed E-state index contributed by atoms with van der Waals surface area (Å²) in [4.78, 5) is 12.8. The molecule has 0 amide bonds. The summed E-state index contributed by atoms with van der Waals surface area (Å²) in [6, 6.07) is 20.2. The third kappa shape index (κ3) is 2.43. The number of halogens is 1. The molecule has 1 nitrogen and oxygen atoms in total. The third-order valence-corrected chi connectivity index (χ3v) is 4.99. The molecule has 0 heterocycles. The van der Waals surface area contributed by atoms with E-state index >= 15 is 0 Å². The highest BCUT2D eigenvalue weighted by Gasteiger charge is 2.20. The van der Waals surface area contributed by atoms with Crippen molar-refractivity contribution in [2.75, 3.05) is 0 Å². The van der Waals surface area contributed by atoms with E-state index in [1.54, 1.807) is 0 Å². The lowest BCUT2D eigenvalue weighted by Crippen LogP contribution is -2.04. The van der Waals surface area contributed by atoms with E-state index in [0.717, 1.165) is 27.6 Å². The maximum atomic E-state index is 12.8. The molecule has 0 aromatic heterocycles. The number of ketones is 1. The van der Waals surface area contributed by atoms with Crippen LogP contribution < -0.4 is 0 Å². The molecule has 0 radical (unpaired) electrons. The van der Waals surface area contributed by atoms with Crippen LogP contribution in [0, 0.1) is 6.92 Å². The van der Waals surface area contributed by atoms with Gasteiger partial charge >= 0.3 is 0 Å². The van der Waals surface area contributed by atoms with E-state index in [1.165, 1.54) is 22.3 Å². The Morgan fingerprint density at radius 1 is 0.913 bits per heavy atom. The molecule has 1 aliphatic carbocycles. The summed E-state index contributed by atoms with van der Waals surface area (Å²) < 4.78 is 1.10. The van der Waals surface area contributed by atoms with Gasteiger partial charge in [-0.05, 0) is 59.4 Å². The Hall–Kier alpha value is -2.19. The number of hydrogen-bond acceptors (Lipinski definition) is 1. The SMILES string of the molecule is Cc1ccccc1C(=O)c1ccc2c(c1)Cc1cc(Br)ccc1-2. The van der Waals surface area contributed by atoms with Crippen molar-refractivity contribution < 1.29 is 4.79 Å². The van der Waals surface area contributed by atoms with E-state index in [0.29, 0.717) is 0 Å². The molecule has 3 aromatic carbocycles. The highest BCUT2D eigenvalue weighted by atomic mass is 79.9. The van der Waals surface area contributed by atoms with Gasteiger partial charge in [-0.15, -0.1) is 0 Å². The number of benzene rings is 3. The molecule has 2 heteroatoms. The van der Waals surface area contributed by atoms with Crippen molar-refractivity contribution in [2.45, 2.75) is 13.3 Å². The molecule has 0 spiro atoms. The van der Waals surface area contributed by atoms with Crippen LogP contribution in [0.25, 0.3) is 11.1 Å². The molecule has 0 N–H and O–H groups in total. The molecular weight excluding hydrogens is 348 g/mol. The zero-order chi connectivity index (χ0) is 16.0. The Morgan fingerprint density at radius 2 is 1.61 bits per heavy atom. The summed E-state index contributed by atoms with van der Waals surface area (Å²) in [6.07, 6.45) is 0.888. The fourth-order valence-electron chi connectivity index (χ4n) is 3.30. The summed E-state index contributed by atoms with van der Waals surface area (Å²) in [6.45, 7) is 1.98. The van der Waals surface area contributed by atoms with Gasteiger partial charge in [0.25, 0.3) is 0 Å². The van der Waals surface area contributed by atoms with Gasteiger partial charge in [-0.2, -0.15) is 0 Å². The van der Waals surface area contributed by atoms with Gasteiger partial charge < -0.3 is 0 Å². The molecular formula is C21H15BrO. The van der Waals surface area contributed by atoms with E-state index in [1.807, 2.05) is 37.3 Å². The van der Waals surface area contributed by atoms with Gasteiger partial charge in [0.15, 0.2) is 5.78 Å². The first kappa shape index (κ1) is 14.4. The van der Waals surface area contributed by atoms with Crippen LogP contribution in [-0.4, -0.2) is 5.78 Å². The number of aryl methyl sites for hydroxylation is 1. The largest absolute Gasteiger partial charge is 0.289 e. The third-order valence-electron chi connectivity index (χ3n) is 4.50. The predicted octanol–water partition coefficient (Wildman–Crippen LogP) is 5.56. The number of fused-ring (bicyclic) bond motifs is 3. The fourth-order valence-corrected chi connectivity index (χ4v) is 3.71. The van der Waals surface area contributed by atoms with Crippen molar-refractivity contribution in [2.24, 2.45) is 0 Å². The minimum absolute atomic E-state index is 0.100. The molecule has 0 saturated carbocycles. The van der Waals surface area contributed by atoms with Gasteiger partial charge in [0.2, 0.25) is 0 Å². The fraction of sp³-hybridized carbons (Fsp3) is 0.0952. The second-order valence-corrected chi connectivity index (χ2v) is 6.91. The lowest BCUT2D eigenvalue weighted by molar-refractivity contribution is 0.103. The Morgan fingerprint density at radius 3 is 2.39 bits per heavy atom. The zero-order valence-electron chi connectivity index (χ0n) is 12.8. The van der Waals surface area contributed by atoms with Gasteiger partial charge in [0.05, 0.1) is 0 Å². The average molecular weight is 363 g/mol. The minimum atomic E-state index is 0.100. The standard InChI is InChI=1S/C21H15BrO/c1-13-4-2-3-5-18(13)21(23)14-6-8-19-15(10-14)11-16-12-17(22)7-9-20(16)19/h2-10,12H,11H2,1H3. The normalized spacial score (nSPS) is 11.9. The Kier molecular flexibility index (Phi) is 3.42. The highest BCUT2D eigenvalue weighted by Crippen LogP contribution is 2.38. The van der Waals surface area contributed by atoms with Gasteiger partial charge in [0.1, 0.15) is 0 Å². The molecule has 4 rings (SSSR count). The second-order valence-electron chi connectivity index (χ2n) is 5.99. The Balaban J connectivity index is 1.75. The monoisotopic (exact) mass is 362 g/mol. The first-order valence-corrected chi connectivity index (χ1v) is 8.45. The number of carbonyl (C=O) groups excluding carboxylic acids is 1. The van der Waals surface area contributed by atoms with E-state index in [4.69, 9.17) is 0 Å². The Bertz CT molecular complexity index is 940. The maximum absolute atomic E-state index is 12.8. The van der Waals surface area contributed by atoms with Crippen LogP contribution in [0.3, 0.4) is 0 Å². The molecule has 23 heavy (non-hydrogen) atoms. The molecule has 0 bridgehead atoms. The number of hydrogen-bond donors (Lipinski definition) is 0. The van der Waals surface area contributed by atoms with E-state index < -0.39 is 0 Å². The first-order valence-electron chi connectivity index (χ1n) is 7.65. The lowest BCUT2D eigenvalue weighted by atomic mass is 9.96. The lowest BCUT2D eigenvalue weighted by Gasteiger charge is -2.07. The first-order chi connectivity index (χ1) is 11.1. The molecule has 1 aliphatic rings. The topological polar surface area (TPSA) is 17.1 Å². The van der Waals surface area contributed by atoms with E-state index in [9.17, 15) is 4.79 Å². The second kappa shape index (κ2) is 5.47. The predicted molar refractivity (Wildman–Crippen MR) is 97.0 cm³/mol. The average Bonchev–Trinajstić information content (AvgIpc) is 2.91. The quantitative estimate of drug-likeness (QED) is 0.426. The van der Waals surface area contributed by atoms with Crippen molar-refractivity contribution in [3.63, 3.8) is 0 Å². The van der Waals surface area contributed by atoms with Gasteiger partial charge in [-0.1, -0.05) is 58.4 Å². The van der Waals surface area contributed by atoms with Crippen molar-refractivity contribution in [3.05, 3.63) is 93.0 Å². The van der Waals surface area contributed by atoms with Crippen molar-refractivity contribution in [1.29, 1.82) is 0 Å². The van der Waals surface area contributed by atoms with E-state index in [-0.39, 0.29) is 5.78 Å². The van der Waals surface area contributed by atoms with Crippen molar-refractivity contribution >= 4 is 21.7 Å². The summed E-state index contributed by atoms with van der Waals surface area (Å²) in [7, 11) is 0. The highest BCUT2D eigenvalue weighted by molar-refractivity contribution is 9.10. The molecule has 0 unspecified atom stereocenters. The number of rotatable bonds is 2. The van der Waals surface area contributed by atoms with Gasteiger partial charge in [-0.3, -0.25) is 4.79 Å². The van der Waals surface area contributed by atoms with Crippen LogP contribution in [0.15, 0.2) is 65.1 Å². The molecule has 112 valence electrons. The molecule has 0 saturated heterocycles. The zero-order valence-corrected chi connectivity index (χ0v) is 14.4. The van der Waals surface area contributed by atoms with Crippen LogP contribution in [0.5, 0.6) is 0 Å². The molecule has 0 aliphatic heterocycles. The van der Waals surface area contributed by atoms with Crippen LogP contribution in [0.1, 0.15) is 32.6 Å². The van der Waals surface area contributed by atoms with Crippen molar-refractivity contribution in [3.8, 4) is 11.1 Å². The summed E-state index contributed by atoms with van der Waals surface area (Å²) >= 11 is 3.53. The molecule has 0 fully saturated rings. The Labute approximate surface area is 144 Å². The van der Waals surface area contributed by atoms with Crippen LogP contribution in [-0.2, 0) is 6.42 Å². The van der Waals surface area contributed by atoms with Crippen LogP contribution >= 0.6 is 15.9 Å². The summed E-state index contributed by atoms with van der Waals surface area (Å²) in [5, 5.41) is 0. The van der Waals surface area contributed by atoms with Gasteiger partial charge in [0, 0.05) is 15.6 Å². The minimum Gasteiger partial charge on any atom is -0.289 e. The molecule has 0 atom stereocenters. The molecule has 3 aromatic rings. The van der Waals surface area contributed by atoms with Crippen molar-refractivity contribution in [1.82, 2.24) is 0 Å². The summed E-state index contributed by atoms with van der Waals surface area (Å²) in [5.41, 5.74) is 7.64. The van der Waals surface area contributed by atoms with Crippen LogP contribution in [0.2, 0.25) is 0 Å². The maximum Gasteiger partial charge on any atom is 0.193 e.